The lowest BCUT2D eigenvalue weighted by Gasteiger charge is -2.29. The number of fused-ring (bicyclic) bond motifs is 1. The summed E-state index contributed by atoms with van der Waals surface area (Å²) < 4.78 is 11.3. The number of carbonyl (C=O) groups excluding carboxylic acids is 2. The zero-order chi connectivity index (χ0) is 20.0. The fraction of sp³-hybridized carbons (Fsp3) is 0.0556. The Balaban J connectivity index is 1.78. The highest BCUT2D eigenvalue weighted by Crippen LogP contribution is 2.38. The average Bonchev–Trinajstić information content (AvgIpc) is 3.09. The molecule has 2 aromatic carbocycles. The highest BCUT2D eigenvalue weighted by atomic mass is 79.9. The van der Waals surface area contributed by atoms with E-state index < -0.39 is 11.8 Å². The molecule has 10 heteroatoms. The van der Waals surface area contributed by atoms with Crippen LogP contribution in [0, 0.1) is 0 Å². The van der Waals surface area contributed by atoms with E-state index in [9.17, 15) is 9.59 Å². The van der Waals surface area contributed by atoms with E-state index in [1.165, 1.54) is 6.08 Å². The van der Waals surface area contributed by atoms with Gasteiger partial charge in [-0.1, -0.05) is 45.2 Å². The Hall–Kier alpha value is -2.13. The molecule has 28 heavy (non-hydrogen) atoms. The summed E-state index contributed by atoms with van der Waals surface area (Å²) in [5, 5.41) is 2.83. The molecule has 2 aliphatic rings. The highest BCUT2D eigenvalue weighted by molar-refractivity contribution is 9.10. The monoisotopic (exact) mass is 498 g/mol. The molecule has 0 atom stereocenters. The minimum Gasteiger partial charge on any atom is -0.454 e. The predicted octanol–water partition coefficient (Wildman–Crippen LogP) is 4.32. The molecule has 1 fully saturated rings. The van der Waals surface area contributed by atoms with E-state index in [4.69, 9.17) is 44.9 Å². The molecule has 4 rings (SSSR count). The molecular weight excluding hydrogens is 491 g/mol. The topological polar surface area (TPSA) is 67.9 Å². The van der Waals surface area contributed by atoms with Crippen LogP contribution in [0.5, 0.6) is 11.5 Å². The van der Waals surface area contributed by atoms with Crippen molar-refractivity contribution in [2.45, 2.75) is 0 Å². The van der Waals surface area contributed by atoms with Crippen LogP contribution < -0.4 is 19.7 Å². The van der Waals surface area contributed by atoms with E-state index in [0.717, 1.165) is 4.90 Å². The number of nitrogens with one attached hydrogen (secondary N) is 1. The summed E-state index contributed by atoms with van der Waals surface area (Å²) in [4.78, 5) is 26.7. The Bertz CT molecular complexity index is 1090. The molecule has 1 N–H and O–H groups in total. The Labute approximate surface area is 183 Å². The maximum absolute atomic E-state index is 13.1. The third-order valence-electron chi connectivity index (χ3n) is 4.07. The number of hydrogen-bond acceptors (Lipinski definition) is 5. The molecule has 6 nitrogen and oxygen atoms in total. The van der Waals surface area contributed by atoms with Crippen LogP contribution in [0.15, 0.2) is 40.4 Å². The summed E-state index contributed by atoms with van der Waals surface area (Å²) >= 11 is 20.9. The number of benzene rings is 2. The van der Waals surface area contributed by atoms with E-state index in [0.29, 0.717) is 21.5 Å². The molecule has 142 valence electrons. The summed E-state index contributed by atoms with van der Waals surface area (Å²) in [6.45, 7) is 0.108. The van der Waals surface area contributed by atoms with Crippen LogP contribution in [-0.4, -0.2) is 23.7 Å². The summed E-state index contributed by atoms with van der Waals surface area (Å²) in [7, 11) is 0. The number of nitrogens with zero attached hydrogens (tertiary/aromatic N) is 1. The summed E-state index contributed by atoms with van der Waals surface area (Å²) in [6, 6.07) is 8.18. The number of rotatable bonds is 2. The number of anilines is 1. The zero-order valence-corrected chi connectivity index (χ0v) is 17.7. The number of thiocarbonyl (C=S) groups is 1. The first kappa shape index (κ1) is 19.2. The van der Waals surface area contributed by atoms with Gasteiger partial charge < -0.3 is 9.47 Å². The maximum atomic E-state index is 13.1. The first-order chi connectivity index (χ1) is 13.4. The van der Waals surface area contributed by atoms with Crippen molar-refractivity contribution in [3.05, 3.63) is 56.0 Å². The van der Waals surface area contributed by atoms with Crippen molar-refractivity contribution < 1.29 is 19.1 Å². The van der Waals surface area contributed by atoms with Crippen LogP contribution in [-0.2, 0) is 9.59 Å². The van der Waals surface area contributed by atoms with Crippen molar-refractivity contribution in [3.63, 3.8) is 0 Å². The van der Waals surface area contributed by atoms with Gasteiger partial charge in [0.1, 0.15) is 5.57 Å². The second kappa shape index (κ2) is 7.36. The lowest BCUT2D eigenvalue weighted by molar-refractivity contribution is -0.122. The van der Waals surface area contributed by atoms with Gasteiger partial charge in [0, 0.05) is 4.47 Å². The van der Waals surface area contributed by atoms with Gasteiger partial charge in [-0.2, -0.15) is 0 Å². The minimum absolute atomic E-state index is 0.0823. The molecule has 1 saturated heterocycles. The molecule has 2 aliphatic heterocycles. The van der Waals surface area contributed by atoms with Crippen molar-refractivity contribution in [1.29, 1.82) is 0 Å². The predicted molar refractivity (Wildman–Crippen MR) is 113 cm³/mol. The Kier molecular flexibility index (Phi) is 5.05. The average molecular weight is 500 g/mol. The van der Waals surface area contributed by atoms with Crippen molar-refractivity contribution >= 4 is 80.0 Å². The number of halogens is 3. The summed E-state index contributed by atoms with van der Waals surface area (Å²) in [6.07, 6.45) is 1.44. The van der Waals surface area contributed by atoms with Gasteiger partial charge in [0.15, 0.2) is 16.6 Å². The van der Waals surface area contributed by atoms with Gasteiger partial charge in [0.2, 0.25) is 6.79 Å². The smallest absolute Gasteiger partial charge is 0.270 e. The van der Waals surface area contributed by atoms with Crippen molar-refractivity contribution in [3.8, 4) is 11.5 Å². The molecule has 0 spiro atoms. The fourth-order valence-corrected chi connectivity index (χ4v) is 3.83. The first-order valence-electron chi connectivity index (χ1n) is 7.81. The van der Waals surface area contributed by atoms with E-state index in [1.54, 1.807) is 30.3 Å². The second-order valence-electron chi connectivity index (χ2n) is 5.76. The Morgan fingerprint density at radius 2 is 1.89 bits per heavy atom. The van der Waals surface area contributed by atoms with Crippen LogP contribution in [0.2, 0.25) is 10.0 Å². The van der Waals surface area contributed by atoms with E-state index in [-0.39, 0.29) is 33.2 Å². The fourth-order valence-electron chi connectivity index (χ4n) is 2.74. The zero-order valence-electron chi connectivity index (χ0n) is 13.8. The first-order valence-corrected chi connectivity index (χ1v) is 9.77. The lowest BCUT2D eigenvalue weighted by atomic mass is 10.1. The standard InChI is InChI=1S/C18H9BrCl2N2O4S/c19-10-6-14-13(26-7-27-14)5-8(10)4-9-16(24)22-18(28)23(17(9)25)12-3-1-2-11(20)15(12)21/h1-6H,7H2,(H,22,24,28)/b9-4-. The number of carbonyl (C=O) groups is 2. The molecular formula is C18H9BrCl2N2O4S. The van der Waals surface area contributed by atoms with E-state index >= 15 is 0 Å². The minimum atomic E-state index is -0.623. The normalized spacial score (nSPS) is 17.3. The SMILES string of the molecule is O=C1NC(=S)N(c2cccc(Cl)c2Cl)C(=O)/C1=C\c1cc2c(cc1Br)OCO2. The molecule has 2 amide bonds. The van der Waals surface area contributed by atoms with Crippen LogP contribution in [0.1, 0.15) is 5.56 Å². The van der Waals surface area contributed by atoms with Gasteiger partial charge in [-0.15, -0.1) is 0 Å². The Morgan fingerprint density at radius 3 is 2.64 bits per heavy atom. The van der Waals surface area contributed by atoms with Gasteiger partial charge in [-0.05, 0) is 48.1 Å². The van der Waals surface area contributed by atoms with Gasteiger partial charge >= 0.3 is 0 Å². The second-order valence-corrected chi connectivity index (χ2v) is 7.78. The highest BCUT2D eigenvalue weighted by Gasteiger charge is 2.36. The van der Waals surface area contributed by atoms with Crippen molar-refractivity contribution in [2.24, 2.45) is 0 Å². The van der Waals surface area contributed by atoms with Crippen molar-refractivity contribution in [1.82, 2.24) is 5.32 Å². The van der Waals surface area contributed by atoms with Gasteiger partial charge in [-0.25, -0.2) is 0 Å². The largest absolute Gasteiger partial charge is 0.454 e. The van der Waals surface area contributed by atoms with Crippen LogP contribution in [0.25, 0.3) is 6.08 Å². The molecule has 0 aromatic heterocycles. The number of ether oxygens (including phenoxy) is 2. The van der Waals surface area contributed by atoms with Gasteiger partial charge in [-0.3, -0.25) is 19.8 Å². The van der Waals surface area contributed by atoms with Gasteiger partial charge in [0.05, 0.1) is 15.7 Å². The lowest BCUT2D eigenvalue weighted by Crippen LogP contribution is -2.54. The van der Waals surface area contributed by atoms with E-state index in [2.05, 4.69) is 21.2 Å². The van der Waals surface area contributed by atoms with Crippen LogP contribution >= 0.6 is 51.3 Å². The quantitative estimate of drug-likeness (QED) is 0.378. The Morgan fingerprint density at radius 1 is 1.18 bits per heavy atom. The molecule has 0 unspecified atom stereocenters. The molecule has 2 aromatic rings. The van der Waals surface area contributed by atoms with E-state index in [1.807, 2.05) is 0 Å². The molecule has 0 aliphatic carbocycles. The molecule has 0 saturated carbocycles. The number of hydrogen-bond donors (Lipinski definition) is 1. The number of amides is 2. The third kappa shape index (κ3) is 3.26. The molecule has 2 heterocycles. The summed E-state index contributed by atoms with van der Waals surface area (Å²) in [5.41, 5.74) is 0.719. The summed E-state index contributed by atoms with van der Waals surface area (Å²) in [5.74, 6) is -0.151. The van der Waals surface area contributed by atoms with Crippen molar-refractivity contribution in [2.75, 3.05) is 11.7 Å². The maximum Gasteiger partial charge on any atom is 0.270 e. The molecule has 0 radical (unpaired) electrons. The molecule has 0 bridgehead atoms. The van der Waals surface area contributed by atoms with Crippen LogP contribution in [0.4, 0.5) is 5.69 Å². The van der Waals surface area contributed by atoms with Crippen LogP contribution in [0.3, 0.4) is 0 Å². The van der Waals surface area contributed by atoms with Gasteiger partial charge in [0.25, 0.3) is 11.8 Å². The third-order valence-corrected chi connectivity index (χ3v) is 5.85.